The van der Waals surface area contributed by atoms with E-state index in [0.717, 1.165) is 30.7 Å². The quantitative estimate of drug-likeness (QED) is 0.725. The van der Waals surface area contributed by atoms with Crippen LogP contribution in [0.15, 0.2) is 17.1 Å². The SMILES string of the molecule is C=C(CO)CCC1=NC(C)(C)CC(C)O1. The molecule has 1 N–H and O–H groups in total. The van der Waals surface area contributed by atoms with E-state index in [1.807, 2.05) is 0 Å². The molecule has 0 amide bonds. The van der Waals surface area contributed by atoms with Crippen molar-refractivity contribution >= 4 is 5.90 Å². The normalized spacial score (nSPS) is 24.3. The molecule has 0 aromatic heterocycles. The monoisotopic (exact) mass is 211 g/mol. The molecule has 3 nitrogen and oxygen atoms in total. The largest absolute Gasteiger partial charge is 0.478 e. The van der Waals surface area contributed by atoms with Gasteiger partial charge in [0.15, 0.2) is 5.90 Å². The maximum absolute atomic E-state index is 8.84. The van der Waals surface area contributed by atoms with E-state index in [2.05, 4.69) is 32.3 Å². The van der Waals surface area contributed by atoms with Crippen molar-refractivity contribution in [1.29, 1.82) is 0 Å². The van der Waals surface area contributed by atoms with Gasteiger partial charge in [0.05, 0.1) is 18.2 Å². The van der Waals surface area contributed by atoms with E-state index in [-0.39, 0.29) is 18.2 Å². The lowest BCUT2D eigenvalue weighted by Gasteiger charge is -2.31. The Kier molecular flexibility index (Phi) is 3.91. The predicted molar refractivity (Wildman–Crippen MR) is 62.1 cm³/mol. The van der Waals surface area contributed by atoms with Crippen molar-refractivity contribution in [3.05, 3.63) is 12.2 Å². The summed E-state index contributed by atoms with van der Waals surface area (Å²) in [7, 11) is 0. The summed E-state index contributed by atoms with van der Waals surface area (Å²) in [6.45, 7) is 10.1. The van der Waals surface area contributed by atoms with Gasteiger partial charge in [-0.15, -0.1) is 0 Å². The Morgan fingerprint density at radius 3 is 2.87 bits per heavy atom. The number of aliphatic hydroxyl groups is 1. The molecule has 1 atom stereocenters. The Labute approximate surface area is 91.9 Å². The Bertz CT molecular complexity index is 269. The molecule has 1 heterocycles. The van der Waals surface area contributed by atoms with Gasteiger partial charge in [-0.25, -0.2) is 4.99 Å². The fourth-order valence-electron chi connectivity index (χ4n) is 1.86. The van der Waals surface area contributed by atoms with Crippen LogP contribution in [0.25, 0.3) is 0 Å². The highest BCUT2D eigenvalue weighted by atomic mass is 16.5. The summed E-state index contributed by atoms with van der Waals surface area (Å²) in [6, 6.07) is 0. The number of rotatable bonds is 4. The Morgan fingerprint density at radius 2 is 2.33 bits per heavy atom. The molecule has 0 aromatic rings. The van der Waals surface area contributed by atoms with Crippen LogP contribution in [0.5, 0.6) is 0 Å². The standard InChI is InChI=1S/C12H21NO2/c1-9(8-14)5-6-11-13-12(3,4)7-10(2)15-11/h10,14H,1,5-8H2,2-4H3. The number of aliphatic imine (C=N–C) groups is 1. The fraction of sp³-hybridized carbons (Fsp3) is 0.750. The van der Waals surface area contributed by atoms with Gasteiger partial charge in [-0.3, -0.25) is 0 Å². The number of aliphatic hydroxyl groups excluding tert-OH is 1. The van der Waals surface area contributed by atoms with E-state index in [1.54, 1.807) is 0 Å². The maximum Gasteiger partial charge on any atom is 0.184 e. The van der Waals surface area contributed by atoms with E-state index in [0.29, 0.717) is 0 Å². The molecular weight excluding hydrogens is 190 g/mol. The summed E-state index contributed by atoms with van der Waals surface area (Å²) in [5.74, 6) is 0.799. The van der Waals surface area contributed by atoms with Gasteiger partial charge in [0.1, 0.15) is 0 Å². The summed E-state index contributed by atoms with van der Waals surface area (Å²) in [4.78, 5) is 4.54. The smallest absolute Gasteiger partial charge is 0.184 e. The summed E-state index contributed by atoms with van der Waals surface area (Å²) in [6.07, 6.45) is 2.68. The molecule has 1 unspecified atom stereocenters. The van der Waals surface area contributed by atoms with Crippen LogP contribution in [0.2, 0.25) is 0 Å². The van der Waals surface area contributed by atoms with Gasteiger partial charge >= 0.3 is 0 Å². The lowest BCUT2D eigenvalue weighted by Crippen LogP contribution is -2.33. The van der Waals surface area contributed by atoms with Crippen molar-refractivity contribution in [2.75, 3.05) is 6.61 Å². The van der Waals surface area contributed by atoms with Crippen LogP contribution in [0.1, 0.15) is 40.0 Å². The number of hydrogen-bond acceptors (Lipinski definition) is 3. The molecule has 1 aliphatic heterocycles. The van der Waals surface area contributed by atoms with Crippen LogP contribution in [-0.2, 0) is 4.74 Å². The van der Waals surface area contributed by atoms with Crippen molar-refractivity contribution in [3.8, 4) is 0 Å². The third-order valence-electron chi connectivity index (χ3n) is 2.47. The van der Waals surface area contributed by atoms with Crippen molar-refractivity contribution < 1.29 is 9.84 Å². The molecule has 0 aliphatic carbocycles. The first-order valence-corrected chi connectivity index (χ1v) is 5.46. The molecule has 1 rings (SSSR count). The zero-order valence-electron chi connectivity index (χ0n) is 9.92. The number of ether oxygens (including phenoxy) is 1. The maximum atomic E-state index is 8.84. The molecule has 0 spiro atoms. The molecule has 3 heteroatoms. The molecule has 0 radical (unpaired) electrons. The Hall–Kier alpha value is -0.830. The second kappa shape index (κ2) is 4.79. The molecule has 1 aliphatic rings. The highest BCUT2D eigenvalue weighted by Crippen LogP contribution is 2.25. The van der Waals surface area contributed by atoms with Crippen molar-refractivity contribution in [2.45, 2.75) is 51.7 Å². The molecule has 0 saturated carbocycles. The zero-order valence-corrected chi connectivity index (χ0v) is 9.92. The zero-order chi connectivity index (χ0) is 11.5. The van der Waals surface area contributed by atoms with Crippen molar-refractivity contribution in [2.24, 2.45) is 4.99 Å². The van der Waals surface area contributed by atoms with Crippen LogP contribution in [0.3, 0.4) is 0 Å². The average molecular weight is 211 g/mol. The summed E-state index contributed by atoms with van der Waals surface area (Å²) in [5, 5.41) is 8.84. The summed E-state index contributed by atoms with van der Waals surface area (Å²) < 4.78 is 5.64. The van der Waals surface area contributed by atoms with E-state index in [4.69, 9.17) is 9.84 Å². The van der Waals surface area contributed by atoms with Gasteiger partial charge in [0, 0.05) is 12.8 Å². The number of nitrogens with zero attached hydrogens (tertiary/aromatic N) is 1. The molecule has 15 heavy (non-hydrogen) atoms. The lowest BCUT2D eigenvalue weighted by molar-refractivity contribution is 0.139. The highest BCUT2D eigenvalue weighted by molar-refractivity contribution is 5.77. The van der Waals surface area contributed by atoms with E-state index < -0.39 is 0 Å². The van der Waals surface area contributed by atoms with Crippen LogP contribution in [-0.4, -0.2) is 29.3 Å². The summed E-state index contributed by atoms with van der Waals surface area (Å²) >= 11 is 0. The molecule has 0 aromatic carbocycles. The van der Waals surface area contributed by atoms with Gasteiger partial charge < -0.3 is 9.84 Å². The first-order valence-electron chi connectivity index (χ1n) is 5.46. The van der Waals surface area contributed by atoms with Gasteiger partial charge in [0.2, 0.25) is 0 Å². The first-order chi connectivity index (χ1) is 6.93. The predicted octanol–water partition coefficient (Wildman–Crippen LogP) is 2.30. The molecule has 0 bridgehead atoms. The lowest BCUT2D eigenvalue weighted by atomic mass is 9.96. The van der Waals surface area contributed by atoms with Crippen molar-refractivity contribution in [1.82, 2.24) is 0 Å². The van der Waals surface area contributed by atoms with Crippen LogP contribution >= 0.6 is 0 Å². The minimum atomic E-state index is -0.0203. The molecule has 0 saturated heterocycles. The minimum absolute atomic E-state index is 0.0203. The topological polar surface area (TPSA) is 41.8 Å². The van der Waals surface area contributed by atoms with E-state index in [1.165, 1.54) is 0 Å². The van der Waals surface area contributed by atoms with Gasteiger partial charge in [-0.05, 0) is 27.2 Å². The molecule has 86 valence electrons. The van der Waals surface area contributed by atoms with Crippen molar-refractivity contribution in [3.63, 3.8) is 0 Å². The van der Waals surface area contributed by atoms with Gasteiger partial charge in [-0.1, -0.05) is 12.2 Å². The van der Waals surface area contributed by atoms with Crippen LogP contribution in [0, 0.1) is 0 Å². The van der Waals surface area contributed by atoms with Crippen LogP contribution in [0.4, 0.5) is 0 Å². The van der Waals surface area contributed by atoms with E-state index in [9.17, 15) is 0 Å². The second-order valence-electron chi connectivity index (χ2n) is 4.86. The summed E-state index contributed by atoms with van der Waals surface area (Å²) in [5.41, 5.74) is 0.811. The number of hydrogen-bond donors (Lipinski definition) is 1. The van der Waals surface area contributed by atoms with E-state index >= 15 is 0 Å². The third kappa shape index (κ3) is 4.04. The highest BCUT2D eigenvalue weighted by Gasteiger charge is 2.27. The molecular formula is C12H21NO2. The minimum Gasteiger partial charge on any atom is -0.478 e. The Morgan fingerprint density at radius 1 is 1.67 bits per heavy atom. The third-order valence-corrected chi connectivity index (χ3v) is 2.47. The fourth-order valence-corrected chi connectivity index (χ4v) is 1.86. The molecule has 0 fully saturated rings. The average Bonchev–Trinajstić information content (AvgIpc) is 2.11. The van der Waals surface area contributed by atoms with Gasteiger partial charge in [0.25, 0.3) is 0 Å². The van der Waals surface area contributed by atoms with Crippen LogP contribution < -0.4 is 0 Å². The second-order valence-corrected chi connectivity index (χ2v) is 4.86. The first kappa shape index (κ1) is 12.2. The Balaban J connectivity index is 2.54. The van der Waals surface area contributed by atoms with Gasteiger partial charge in [-0.2, -0.15) is 0 Å².